The van der Waals surface area contributed by atoms with Crippen molar-refractivity contribution in [2.24, 2.45) is 4.99 Å². The van der Waals surface area contributed by atoms with Gasteiger partial charge in [0.15, 0.2) is 5.96 Å². The summed E-state index contributed by atoms with van der Waals surface area (Å²) in [6, 6.07) is 0. The molecular formula is C14H33N6S+. The molecule has 0 aromatic heterocycles. The van der Waals surface area contributed by atoms with E-state index < -0.39 is 0 Å². The first-order chi connectivity index (χ1) is 9.77. The van der Waals surface area contributed by atoms with Crippen LogP contribution in [0.4, 0.5) is 0 Å². The van der Waals surface area contributed by atoms with Crippen molar-refractivity contribution in [1.29, 1.82) is 0 Å². The van der Waals surface area contributed by atoms with Gasteiger partial charge < -0.3 is 9.80 Å². The Morgan fingerprint density at radius 3 is 1.95 bits per heavy atom. The maximum Gasteiger partial charge on any atom is 0.347 e. The number of hydrogen-bond donors (Lipinski definition) is 1. The van der Waals surface area contributed by atoms with Crippen molar-refractivity contribution in [3.63, 3.8) is 0 Å². The van der Waals surface area contributed by atoms with Crippen molar-refractivity contribution in [1.82, 2.24) is 20.0 Å². The third kappa shape index (κ3) is 8.70. The molecule has 7 heteroatoms. The highest BCUT2D eigenvalue weighted by atomic mass is 32.2. The van der Waals surface area contributed by atoms with Crippen LogP contribution >= 0.6 is 11.8 Å². The highest BCUT2D eigenvalue weighted by Crippen LogP contribution is 1.99. The van der Waals surface area contributed by atoms with Crippen LogP contribution in [0.3, 0.4) is 0 Å². The van der Waals surface area contributed by atoms with Crippen LogP contribution < -0.4 is 5.32 Å². The zero-order valence-electron chi connectivity index (χ0n) is 15.0. The number of guanidine groups is 2. The van der Waals surface area contributed by atoms with Gasteiger partial charge in [-0.2, -0.15) is 11.8 Å². The molecule has 0 atom stereocenters. The van der Waals surface area contributed by atoms with Gasteiger partial charge in [0, 0.05) is 39.7 Å². The third-order valence-electron chi connectivity index (χ3n) is 2.67. The van der Waals surface area contributed by atoms with Gasteiger partial charge in [-0.3, -0.25) is 19.8 Å². The second-order valence-electron chi connectivity index (χ2n) is 5.62. The summed E-state index contributed by atoms with van der Waals surface area (Å²) in [5, 5.41) is 3.45. The van der Waals surface area contributed by atoms with Crippen LogP contribution in [0.1, 0.15) is 0 Å². The molecule has 0 aliphatic carbocycles. The maximum absolute atomic E-state index is 4.62. The second-order valence-corrected chi connectivity index (χ2v) is 6.85. The Balaban J connectivity index is 3.93. The monoisotopic (exact) mass is 317 g/mol. The number of thioether (sulfide) groups is 1. The summed E-state index contributed by atoms with van der Waals surface area (Å²) in [6.07, 6.45) is 0. The Morgan fingerprint density at radius 1 is 0.952 bits per heavy atom. The Morgan fingerprint density at radius 2 is 1.52 bits per heavy atom. The molecule has 0 fully saturated rings. The topological polar surface area (TPSA) is 37.1 Å². The summed E-state index contributed by atoms with van der Waals surface area (Å²) in [7, 11) is 16.3. The summed E-state index contributed by atoms with van der Waals surface area (Å²) < 4.78 is 2.09. The molecule has 0 aliphatic heterocycles. The Kier molecular flexibility index (Phi) is 10.0. The predicted octanol–water partition coefficient (Wildman–Crippen LogP) is -0.0219. The van der Waals surface area contributed by atoms with E-state index in [0.29, 0.717) is 0 Å². The molecule has 6 nitrogen and oxygen atoms in total. The average molecular weight is 318 g/mol. The molecule has 0 radical (unpaired) electrons. The fourth-order valence-corrected chi connectivity index (χ4v) is 2.62. The van der Waals surface area contributed by atoms with Crippen molar-refractivity contribution < 1.29 is 4.58 Å². The lowest BCUT2D eigenvalue weighted by Crippen LogP contribution is -2.42. The highest BCUT2D eigenvalue weighted by Gasteiger charge is 2.09. The van der Waals surface area contributed by atoms with Gasteiger partial charge in [-0.05, 0) is 0 Å². The lowest BCUT2D eigenvalue weighted by Gasteiger charge is -2.22. The molecule has 0 rings (SSSR count). The smallest absolute Gasteiger partial charge is 0.347 e. The molecule has 0 bridgehead atoms. The van der Waals surface area contributed by atoms with Crippen LogP contribution in [0.25, 0.3) is 0 Å². The van der Waals surface area contributed by atoms with Crippen molar-refractivity contribution in [2.75, 3.05) is 81.0 Å². The van der Waals surface area contributed by atoms with Crippen molar-refractivity contribution in [2.45, 2.75) is 0 Å². The van der Waals surface area contributed by atoms with Crippen molar-refractivity contribution in [3.05, 3.63) is 0 Å². The first kappa shape index (κ1) is 19.9. The Labute approximate surface area is 134 Å². The number of rotatable bonds is 6. The zero-order valence-corrected chi connectivity index (χ0v) is 15.8. The highest BCUT2D eigenvalue weighted by molar-refractivity contribution is 7.99. The summed E-state index contributed by atoms with van der Waals surface area (Å²) in [4.78, 5) is 10.8. The molecule has 0 spiro atoms. The van der Waals surface area contributed by atoms with Gasteiger partial charge in [0.25, 0.3) is 0 Å². The normalized spacial score (nSPS) is 9.90. The number of nitrogens with zero attached hydrogens (tertiary/aromatic N) is 5. The van der Waals surface area contributed by atoms with Gasteiger partial charge in [-0.25, -0.2) is 0 Å². The molecule has 0 unspecified atom stereocenters. The van der Waals surface area contributed by atoms with Gasteiger partial charge in [0.1, 0.15) is 0 Å². The van der Waals surface area contributed by atoms with E-state index in [2.05, 4.69) is 19.8 Å². The fourth-order valence-electron chi connectivity index (χ4n) is 1.95. The van der Waals surface area contributed by atoms with E-state index >= 15 is 0 Å². The molecule has 124 valence electrons. The standard InChI is InChI=1S/C14H32N6S/c1-17(2)13(18(3)4)15-9-11-21-12-10-16-14(19(5)6)20(7)8/h9-12H2,1-8H3/p+1. The molecule has 0 heterocycles. The van der Waals surface area contributed by atoms with E-state index in [1.165, 1.54) is 0 Å². The van der Waals surface area contributed by atoms with Crippen molar-refractivity contribution >= 4 is 23.7 Å². The zero-order chi connectivity index (χ0) is 16.4. The lowest BCUT2D eigenvalue weighted by molar-refractivity contribution is -0.472. The number of nitrogens with one attached hydrogen (secondary N) is 1. The van der Waals surface area contributed by atoms with Crippen LogP contribution in [-0.4, -0.2) is 112 Å². The van der Waals surface area contributed by atoms with Gasteiger partial charge in [-0.1, -0.05) is 0 Å². The first-order valence-electron chi connectivity index (χ1n) is 7.19. The molecule has 0 amide bonds. The summed E-state index contributed by atoms with van der Waals surface area (Å²) in [6.45, 7) is 1.82. The molecule has 0 aromatic rings. The van der Waals surface area contributed by atoms with Gasteiger partial charge in [0.05, 0.1) is 41.3 Å². The minimum absolute atomic E-state index is 0.855. The van der Waals surface area contributed by atoms with E-state index in [9.17, 15) is 0 Å². The van der Waals surface area contributed by atoms with E-state index in [1.54, 1.807) is 0 Å². The lowest BCUT2D eigenvalue weighted by atomic mass is 10.6. The molecule has 21 heavy (non-hydrogen) atoms. The van der Waals surface area contributed by atoms with Gasteiger partial charge in [0.2, 0.25) is 0 Å². The minimum Gasteiger partial charge on any atom is -0.349 e. The van der Waals surface area contributed by atoms with Gasteiger partial charge in [-0.15, -0.1) is 0 Å². The molecule has 0 aromatic carbocycles. The SMILES string of the molecule is CN(C)C(=NCCSCCNC(N(C)C)=[N+](C)C)N(C)C. The van der Waals surface area contributed by atoms with E-state index in [0.717, 1.165) is 36.5 Å². The Bertz CT molecular complexity index is 335. The van der Waals surface area contributed by atoms with Crippen LogP contribution in [0.15, 0.2) is 4.99 Å². The fraction of sp³-hybridized carbons (Fsp3) is 0.857. The summed E-state index contributed by atoms with van der Waals surface area (Å²) in [5.74, 6) is 4.28. The largest absolute Gasteiger partial charge is 0.349 e. The molecule has 1 N–H and O–H groups in total. The summed E-state index contributed by atoms with van der Waals surface area (Å²) in [5.41, 5.74) is 0. The quantitative estimate of drug-likeness (QED) is 0.322. The van der Waals surface area contributed by atoms with Crippen LogP contribution in [0.2, 0.25) is 0 Å². The van der Waals surface area contributed by atoms with Crippen LogP contribution in [-0.2, 0) is 0 Å². The van der Waals surface area contributed by atoms with Gasteiger partial charge >= 0.3 is 5.96 Å². The molecule has 0 saturated heterocycles. The maximum atomic E-state index is 4.62. The predicted molar refractivity (Wildman–Crippen MR) is 95.8 cm³/mol. The van der Waals surface area contributed by atoms with E-state index in [1.807, 2.05) is 77.9 Å². The molecule has 0 aliphatic rings. The molecular weight excluding hydrogens is 284 g/mol. The van der Waals surface area contributed by atoms with Crippen LogP contribution in [0.5, 0.6) is 0 Å². The Hall–Kier alpha value is -1.11. The van der Waals surface area contributed by atoms with Crippen molar-refractivity contribution in [3.8, 4) is 0 Å². The number of hydrogen-bond acceptors (Lipinski definition) is 2. The minimum atomic E-state index is 0.855. The summed E-state index contributed by atoms with van der Waals surface area (Å²) >= 11 is 1.93. The first-order valence-corrected chi connectivity index (χ1v) is 8.35. The van der Waals surface area contributed by atoms with Crippen LogP contribution in [0, 0.1) is 0 Å². The second kappa shape index (κ2) is 10.6. The molecule has 0 saturated carbocycles. The average Bonchev–Trinajstić information content (AvgIpc) is 2.34. The van der Waals surface area contributed by atoms with E-state index in [4.69, 9.17) is 0 Å². The van der Waals surface area contributed by atoms with E-state index in [-0.39, 0.29) is 0 Å². The third-order valence-corrected chi connectivity index (χ3v) is 3.63. The number of aliphatic imine (C=N–C) groups is 1.